The lowest BCUT2D eigenvalue weighted by atomic mass is 10.1. The van der Waals surface area contributed by atoms with E-state index in [-0.39, 0.29) is 0 Å². The molecule has 1 heteroatoms. The molecule has 0 aliphatic heterocycles. The maximum atomic E-state index is 3.88. The van der Waals surface area contributed by atoms with Crippen LogP contribution in [-0.2, 0) is 0 Å². The molecule has 0 saturated heterocycles. The molecule has 0 radical (unpaired) electrons. The predicted octanol–water partition coefficient (Wildman–Crippen LogP) is 1.89. The number of nitrogens with one attached hydrogen (secondary N) is 1. The SMILES string of the molecule is C=C/C=C(/C)C(=C)CNC. The van der Waals surface area contributed by atoms with E-state index in [0.29, 0.717) is 0 Å². The summed E-state index contributed by atoms with van der Waals surface area (Å²) in [5, 5.41) is 3.03. The predicted molar refractivity (Wildman–Crippen MR) is 47.0 cm³/mol. The van der Waals surface area contributed by atoms with Crippen LogP contribution < -0.4 is 5.32 Å². The van der Waals surface area contributed by atoms with E-state index in [1.165, 1.54) is 5.57 Å². The standard InChI is InChI=1S/C9H15N/c1-5-6-8(2)9(3)7-10-4/h5-6,10H,1,3,7H2,2,4H3/b8-6-. The summed E-state index contributed by atoms with van der Waals surface area (Å²) < 4.78 is 0. The molecule has 10 heavy (non-hydrogen) atoms. The maximum absolute atomic E-state index is 3.88. The summed E-state index contributed by atoms with van der Waals surface area (Å²) in [5.41, 5.74) is 2.30. The first-order valence-electron chi connectivity index (χ1n) is 3.34. The van der Waals surface area contributed by atoms with Crippen molar-refractivity contribution in [1.82, 2.24) is 5.32 Å². The Morgan fingerprint density at radius 3 is 2.60 bits per heavy atom. The Kier molecular flexibility index (Phi) is 4.59. The topological polar surface area (TPSA) is 12.0 Å². The van der Waals surface area contributed by atoms with Crippen molar-refractivity contribution in [3.8, 4) is 0 Å². The minimum absolute atomic E-state index is 0.843. The third-order valence-electron chi connectivity index (χ3n) is 1.32. The number of allylic oxidation sites excluding steroid dienone is 2. The zero-order valence-corrected chi connectivity index (χ0v) is 6.78. The van der Waals surface area contributed by atoms with Crippen molar-refractivity contribution < 1.29 is 0 Å². The van der Waals surface area contributed by atoms with Gasteiger partial charge in [-0.2, -0.15) is 0 Å². The van der Waals surface area contributed by atoms with Crippen LogP contribution in [0.25, 0.3) is 0 Å². The van der Waals surface area contributed by atoms with Crippen molar-refractivity contribution in [1.29, 1.82) is 0 Å². The van der Waals surface area contributed by atoms with E-state index in [1.54, 1.807) is 6.08 Å². The van der Waals surface area contributed by atoms with Crippen LogP contribution in [0, 0.1) is 0 Å². The van der Waals surface area contributed by atoms with Crippen LogP contribution in [0.2, 0.25) is 0 Å². The normalized spacial score (nSPS) is 11.2. The van der Waals surface area contributed by atoms with Crippen molar-refractivity contribution in [3.63, 3.8) is 0 Å². The highest BCUT2D eigenvalue weighted by Crippen LogP contribution is 2.04. The minimum Gasteiger partial charge on any atom is -0.316 e. The first-order chi connectivity index (χ1) is 4.72. The fourth-order valence-corrected chi connectivity index (χ4v) is 0.647. The Labute approximate surface area is 63.1 Å². The second kappa shape index (κ2) is 5.00. The van der Waals surface area contributed by atoms with Crippen molar-refractivity contribution in [2.24, 2.45) is 0 Å². The van der Waals surface area contributed by atoms with Crippen LogP contribution in [-0.4, -0.2) is 13.6 Å². The van der Waals surface area contributed by atoms with Gasteiger partial charge in [-0.1, -0.05) is 25.3 Å². The number of hydrogen-bond acceptors (Lipinski definition) is 1. The van der Waals surface area contributed by atoms with Crippen molar-refractivity contribution >= 4 is 0 Å². The summed E-state index contributed by atoms with van der Waals surface area (Å²) in [6.45, 7) is 10.4. The number of rotatable bonds is 4. The summed E-state index contributed by atoms with van der Waals surface area (Å²) >= 11 is 0. The summed E-state index contributed by atoms with van der Waals surface area (Å²) in [6.07, 6.45) is 3.73. The molecule has 0 aliphatic carbocycles. The highest BCUT2D eigenvalue weighted by atomic mass is 14.8. The van der Waals surface area contributed by atoms with E-state index in [2.05, 4.69) is 18.5 Å². The van der Waals surface area contributed by atoms with Gasteiger partial charge < -0.3 is 5.32 Å². The van der Waals surface area contributed by atoms with Crippen molar-refractivity contribution in [3.05, 3.63) is 36.5 Å². The van der Waals surface area contributed by atoms with Gasteiger partial charge in [0.1, 0.15) is 0 Å². The maximum Gasteiger partial charge on any atom is 0.0199 e. The number of hydrogen-bond donors (Lipinski definition) is 1. The summed E-state index contributed by atoms with van der Waals surface area (Å²) in [6, 6.07) is 0. The Hall–Kier alpha value is -0.820. The van der Waals surface area contributed by atoms with Crippen molar-refractivity contribution in [2.45, 2.75) is 6.92 Å². The lowest BCUT2D eigenvalue weighted by Gasteiger charge is -2.02. The molecule has 0 heterocycles. The molecule has 0 bridgehead atoms. The fourth-order valence-electron chi connectivity index (χ4n) is 0.647. The van der Waals surface area contributed by atoms with Gasteiger partial charge >= 0.3 is 0 Å². The average molecular weight is 137 g/mol. The molecule has 0 aromatic rings. The van der Waals surface area contributed by atoms with E-state index < -0.39 is 0 Å². The van der Waals surface area contributed by atoms with Gasteiger partial charge in [-0.3, -0.25) is 0 Å². The molecule has 0 rings (SSSR count). The molecule has 0 spiro atoms. The van der Waals surface area contributed by atoms with Crippen LogP contribution in [0.1, 0.15) is 6.92 Å². The molecule has 56 valence electrons. The third kappa shape index (κ3) is 3.25. The van der Waals surface area contributed by atoms with Gasteiger partial charge in [0.15, 0.2) is 0 Å². The van der Waals surface area contributed by atoms with E-state index in [0.717, 1.165) is 12.1 Å². The van der Waals surface area contributed by atoms with E-state index in [1.807, 2.05) is 20.0 Å². The van der Waals surface area contributed by atoms with Gasteiger partial charge in [-0.25, -0.2) is 0 Å². The quantitative estimate of drug-likeness (QED) is 0.583. The molecule has 1 nitrogen and oxygen atoms in total. The second-order valence-electron chi connectivity index (χ2n) is 2.22. The Morgan fingerprint density at radius 2 is 2.20 bits per heavy atom. The summed E-state index contributed by atoms with van der Waals surface area (Å²) in [7, 11) is 1.91. The molecule has 0 saturated carbocycles. The average Bonchev–Trinajstić information content (AvgIpc) is 1.89. The minimum atomic E-state index is 0.843. The zero-order valence-electron chi connectivity index (χ0n) is 6.78. The van der Waals surface area contributed by atoms with E-state index >= 15 is 0 Å². The Bertz CT molecular complexity index is 154. The lowest BCUT2D eigenvalue weighted by molar-refractivity contribution is 0.887. The van der Waals surface area contributed by atoms with Crippen LogP contribution in [0.15, 0.2) is 36.5 Å². The molecule has 0 aromatic heterocycles. The van der Waals surface area contributed by atoms with Gasteiger partial charge in [0.25, 0.3) is 0 Å². The molecule has 0 aromatic carbocycles. The van der Waals surface area contributed by atoms with Crippen molar-refractivity contribution in [2.75, 3.05) is 13.6 Å². The van der Waals surface area contributed by atoms with E-state index in [4.69, 9.17) is 0 Å². The highest BCUT2D eigenvalue weighted by molar-refractivity contribution is 5.29. The van der Waals surface area contributed by atoms with Gasteiger partial charge in [0.2, 0.25) is 0 Å². The first-order valence-corrected chi connectivity index (χ1v) is 3.34. The molecule has 0 atom stereocenters. The van der Waals surface area contributed by atoms with Crippen LogP contribution >= 0.6 is 0 Å². The van der Waals surface area contributed by atoms with Gasteiger partial charge in [0.05, 0.1) is 0 Å². The van der Waals surface area contributed by atoms with Gasteiger partial charge in [-0.15, -0.1) is 0 Å². The highest BCUT2D eigenvalue weighted by Gasteiger charge is 1.91. The van der Waals surface area contributed by atoms with E-state index in [9.17, 15) is 0 Å². The first kappa shape index (κ1) is 9.18. The third-order valence-corrected chi connectivity index (χ3v) is 1.32. The molecule has 0 aliphatic rings. The smallest absolute Gasteiger partial charge is 0.0199 e. The van der Waals surface area contributed by atoms with Crippen LogP contribution in [0.5, 0.6) is 0 Å². The van der Waals surface area contributed by atoms with Gasteiger partial charge in [-0.05, 0) is 25.1 Å². The summed E-state index contributed by atoms with van der Waals surface area (Å²) in [4.78, 5) is 0. The largest absolute Gasteiger partial charge is 0.316 e. The Morgan fingerprint density at radius 1 is 1.60 bits per heavy atom. The molecule has 0 amide bonds. The lowest BCUT2D eigenvalue weighted by Crippen LogP contribution is -2.10. The molecule has 0 fully saturated rings. The molecule has 1 N–H and O–H groups in total. The molecular formula is C9H15N. The molecular weight excluding hydrogens is 122 g/mol. The second-order valence-corrected chi connectivity index (χ2v) is 2.22. The zero-order chi connectivity index (χ0) is 7.98. The summed E-state index contributed by atoms with van der Waals surface area (Å²) in [5.74, 6) is 0. The van der Waals surface area contributed by atoms with Crippen LogP contribution in [0.4, 0.5) is 0 Å². The molecule has 0 unspecified atom stereocenters. The van der Waals surface area contributed by atoms with Gasteiger partial charge in [0, 0.05) is 6.54 Å². The van der Waals surface area contributed by atoms with Crippen LogP contribution in [0.3, 0.4) is 0 Å². The monoisotopic (exact) mass is 137 g/mol. The number of likely N-dealkylation sites (N-methyl/N-ethyl adjacent to an activating group) is 1. The fraction of sp³-hybridized carbons (Fsp3) is 0.333. The Balaban J connectivity index is 3.93.